The van der Waals surface area contributed by atoms with Crippen LogP contribution >= 0.6 is 11.6 Å². The van der Waals surface area contributed by atoms with Crippen molar-refractivity contribution < 1.29 is 4.39 Å². The molecule has 0 radical (unpaired) electrons. The number of hydrogen-bond donors (Lipinski definition) is 2. The van der Waals surface area contributed by atoms with Gasteiger partial charge < -0.3 is 11.1 Å². The largest absolute Gasteiger partial charge is 0.396 e. The van der Waals surface area contributed by atoms with Gasteiger partial charge in [-0.05, 0) is 17.7 Å². The lowest BCUT2D eigenvalue weighted by Gasteiger charge is -2.28. The smallest absolute Gasteiger partial charge is 0.147 e. The molecule has 1 aromatic carbocycles. The Kier molecular flexibility index (Phi) is 2.14. The zero-order valence-electron chi connectivity index (χ0n) is 6.98. The maximum atomic E-state index is 13.1. The third kappa shape index (κ3) is 1.49. The maximum absolute atomic E-state index is 13.1. The monoisotopic (exact) mass is 200 g/mol. The predicted octanol–water partition coefficient (Wildman–Crippen LogP) is 1.75. The molecule has 1 aliphatic heterocycles. The van der Waals surface area contributed by atoms with E-state index in [0.717, 1.165) is 18.7 Å². The van der Waals surface area contributed by atoms with Crippen LogP contribution < -0.4 is 11.1 Å². The fourth-order valence-corrected chi connectivity index (χ4v) is 1.66. The minimum absolute atomic E-state index is 0.232. The zero-order valence-corrected chi connectivity index (χ0v) is 7.74. The first-order valence-electron chi connectivity index (χ1n) is 4.13. The number of hydrogen-bond acceptors (Lipinski definition) is 2. The molecule has 0 saturated carbocycles. The molecule has 2 nitrogen and oxygen atoms in total. The molecule has 70 valence electrons. The Morgan fingerprint density at radius 1 is 1.46 bits per heavy atom. The summed E-state index contributed by atoms with van der Waals surface area (Å²) < 4.78 is 13.1. The molecule has 0 atom stereocenters. The number of anilines is 1. The molecule has 1 saturated heterocycles. The van der Waals surface area contributed by atoms with Gasteiger partial charge in [0.25, 0.3) is 0 Å². The standard InChI is InChI=1S/C9H10ClFN2/c10-6-1-7(5-3-13-4-5)9(12)8(11)2-6/h1-2,5,13H,3-4,12H2. The highest BCUT2D eigenvalue weighted by atomic mass is 35.5. The fraction of sp³-hybridized carbons (Fsp3) is 0.333. The number of nitrogens with one attached hydrogen (secondary N) is 1. The molecule has 1 aliphatic rings. The molecule has 1 fully saturated rings. The van der Waals surface area contributed by atoms with Crippen molar-refractivity contribution in [2.75, 3.05) is 18.8 Å². The van der Waals surface area contributed by atoms with Crippen LogP contribution in [0.15, 0.2) is 12.1 Å². The Balaban J connectivity index is 2.42. The lowest BCUT2D eigenvalue weighted by atomic mass is 9.92. The van der Waals surface area contributed by atoms with Crippen LogP contribution in [0, 0.1) is 5.82 Å². The highest BCUT2D eigenvalue weighted by molar-refractivity contribution is 6.30. The van der Waals surface area contributed by atoms with Crippen LogP contribution in [0.25, 0.3) is 0 Å². The maximum Gasteiger partial charge on any atom is 0.147 e. The van der Waals surface area contributed by atoms with Gasteiger partial charge >= 0.3 is 0 Å². The summed E-state index contributed by atoms with van der Waals surface area (Å²) >= 11 is 5.73. The molecule has 0 amide bonds. The van der Waals surface area contributed by atoms with Crippen LogP contribution in [-0.2, 0) is 0 Å². The van der Waals surface area contributed by atoms with E-state index >= 15 is 0 Å². The Labute approximate surface area is 80.9 Å². The zero-order chi connectivity index (χ0) is 9.42. The highest BCUT2D eigenvalue weighted by Crippen LogP contribution is 2.30. The molecule has 0 aliphatic carbocycles. The Bertz CT molecular complexity index is 337. The first kappa shape index (κ1) is 8.78. The molecule has 4 heteroatoms. The molecule has 2 rings (SSSR count). The highest BCUT2D eigenvalue weighted by Gasteiger charge is 2.22. The van der Waals surface area contributed by atoms with E-state index in [1.807, 2.05) is 0 Å². The van der Waals surface area contributed by atoms with E-state index in [-0.39, 0.29) is 5.69 Å². The van der Waals surface area contributed by atoms with Gasteiger partial charge in [0.05, 0.1) is 5.69 Å². The Hall–Kier alpha value is -0.800. The predicted molar refractivity (Wildman–Crippen MR) is 51.4 cm³/mol. The van der Waals surface area contributed by atoms with Crippen LogP contribution in [0.2, 0.25) is 5.02 Å². The van der Waals surface area contributed by atoms with E-state index in [0.29, 0.717) is 10.9 Å². The molecule has 0 unspecified atom stereocenters. The first-order chi connectivity index (χ1) is 6.18. The van der Waals surface area contributed by atoms with Crippen LogP contribution in [0.1, 0.15) is 11.5 Å². The lowest BCUT2D eigenvalue weighted by Crippen LogP contribution is -2.40. The molecule has 0 bridgehead atoms. The average molecular weight is 201 g/mol. The van der Waals surface area contributed by atoms with E-state index in [4.69, 9.17) is 17.3 Å². The minimum atomic E-state index is -0.422. The molecular weight excluding hydrogens is 191 g/mol. The van der Waals surface area contributed by atoms with Gasteiger partial charge in [0, 0.05) is 24.0 Å². The number of nitrogen functional groups attached to an aromatic ring is 1. The molecular formula is C9H10ClFN2. The Morgan fingerprint density at radius 2 is 2.15 bits per heavy atom. The van der Waals surface area contributed by atoms with Crippen LogP contribution in [0.4, 0.5) is 10.1 Å². The third-order valence-corrected chi connectivity index (χ3v) is 2.57. The van der Waals surface area contributed by atoms with E-state index in [2.05, 4.69) is 5.32 Å². The van der Waals surface area contributed by atoms with E-state index in [1.54, 1.807) is 6.07 Å². The second kappa shape index (κ2) is 3.16. The van der Waals surface area contributed by atoms with Crippen molar-refractivity contribution in [3.05, 3.63) is 28.5 Å². The summed E-state index contributed by atoms with van der Waals surface area (Å²) in [5.41, 5.74) is 6.66. The van der Waals surface area contributed by atoms with Crippen molar-refractivity contribution in [1.29, 1.82) is 0 Å². The van der Waals surface area contributed by atoms with Crippen molar-refractivity contribution >= 4 is 17.3 Å². The number of halogens is 2. The van der Waals surface area contributed by atoms with Crippen LogP contribution in [0.5, 0.6) is 0 Å². The summed E-state index contributed by atoms with van der Waals surface area (Å²) in [5.74, 6) is -0.109. The Morgan fingerprint density at radius 3 is 2.69 bits per heavy atom. The summed E-state index contributed by atoms with van der Waals surface area (Å²) in [6.45, 7) is 1.70. The molecule has 13 heavy (non-hydrogen) atoms. The van der Waals surface area contributed by atoms with E-state index in [1.165, 1.54) is 6.07 Å². The fourth-order valence-electron chi connectivity index (χ4n) is 1.45. The van der Waals surface area contributed by atoms with E-state index < -0.39 is 5.82 Å². The normalized spacial score (nSPS) is 17.1. The number of rotatable bonds is 1. The van der Waals surface area contributed by atoms with Gasteiger partial charge in [0.15, 0.2) is 0 Å². The van der Waals surface area contributed by atoms with Gasteiger partial charge in [-0.15, -0.1) is 0 Å². The minimum Gasteiger partial charge on any atom is -0.396 e. The van der Waals surface area contributed by atoms with Gasteiger partial charge in [-0.2, -0.15) is 0 Å². The summed E-state index contributed by atoms with van der Waals surface area (Å²) in [4.78, 5) is 0. The summed E-state index contributed by atoms with van der Waals surface area (Å²) in [7, 11) is 0. The second-order valence-electron chi connectivity index (χ2n) is 3.25. The number of benzene rings is 1. The van der Waals surface area contributed by atoms with Gasteiger partial charge in [-0.1, -0.05) is 11.6 Å². The molecule has 0 spiro atoms. The summed E-state index contributed by atoms with van der Waals surface area (Å²) in [5, 5.41) is 3.52. The molecule has 1 aromatic rings. The van der Waals surface area contributed by atoms with Gasteiger partial charge in [-0.25, -0.2) is 4.39 Å². The van der Waals surface area contributed by atoms with Gasteiger partial charge in [-0.3, -0.25) is 0 Å². The van der Waals surface area contributed by atoms with Crippen LogP contribution in [0.3, 0.4) is 0 Å². The molecule has 3 N–H and O–H groups in total. The SMILES string of the molecule is Nc1c(F)cc(Cl)cc1C1CNC1. The molecule has 0 aromatic heterocycles. The lowest BCUT2D eigenvalue weighted by molar-refractivity contribution is 0.448. The summed E-state index contributed by atoms with van der Waals surface area (Å²) in [6.07, 6.45) is 0. The number of nitrogens with two attached hydrogens (primary N) is 1. The van der Waals surface area contributed by atoms with Gasteiger partial charge in [0.1, 0.15) is 5.82 Å². The van der Waals surface area contributed by atoms with Crippen molar-refractivity contribution in [1.82, 2.24) is 5.32 Å². The van der Waals surface area contributed by atoms with Crippen molar-refractivity contribution in [2.24, 2.45) is 0 Å². The van der Waals surface area contributed by atoms with Crippen LogP contribution in [-0.4, -0.2) is 13.1 Å². The first-order valence-corrected chi connectivity index (χ1v) is 4.51. The van der Waals surface area contributed by atoms with E-state index in [9.17, 15) is 4.39 Å². The molecule has 1 heterocycles. The van der Waals surface area contributed by atoms with Crippen molar-refractivity contribution in [2.45, 2.75) is 5.92 Å². The second-order valence-corrected chi connectivity index (χ2v) is 3.68. The summed E-state index contributed by atoms with van der Waals surface area (Å²) in [6, 6.07) is 2.98. The van der Waals surface area contributed by atoms with Crippen molar-refractivity contribution in [3.63, 3.8) is 0 Å². The average Bonchev–Trinajstić information content (AvgIpc) is 1.95. The van der Waals surface area contributed by atoms with Gasteiger partial charge in [0.2, 0.25) is 0 Å². The third-order valence-electron chi connectivity index (χ3n) is 2.35. The van der Waals surface area contributed by atoms with Crippen molar-refractivity contribution in [3.8, 4) is 0 Å². The quantitative estimate of drug-likeness (QED) is 0.678. The topological polar surface area (TPSA) is 38.0 Å².